The van der Waals surface area contributed by atoms with E-state index in [1.54, 1.807) is 6.92 Å². The molecule has 42 valence electrons. The minimum atomic E-state index is 0.0417. The Morgan fingerprint density at radius 3 is 2.29 bits per heavy atom. The molecule has 0 saturated carbocycles. The van der Waals surface area contributed by atoms with Gasteiger partial charge < -0.3 is 5.73 Å². The number of nitrogens with two attached hydrogens (primary N) is 1. The van der Waals surface area contributed by atoms with Crippen molar-refractivity contribution in [2.75, 3.05) is 6.54 Å². The Morgan fingerprint density at radius 1 is 1.86 bits per heavy atom. The quantitative estimate of drug-likeness (QED) is 0.538. The minimum absolute atomic E-state index is 0.0417. The van der Waals surface area contributed by atoms with Crippen molar-refractivity contribution in [3.8, 4) is 0 Å². The molecule has 0 spiro atoms. The van der Waals surface area contributed by atoms with Gasteiger partial charge in [0, 0.05) is 12.5 Å². The summed E-state index contributed by atoms with van der Waals surface area (Å²) in [5.41, 5.74) is 5.15. The molecule has 0 saturated heterocycles. The molecule has 0 amide bonds. The number of ketones is 1. The molecule has 0 aromatic rings. The summed E-state index contributed by atoms with van der Waals surface area (Å²) in [5.74, 6) is 0.211. The first kappa shape index (κ1) is 6.63. The lowest BCUT2D eigenvalue weighted by Gasteiger charge is -1.98. The predicted octanol–water partition coefficient (Wildman–Crippen LogP) is 0.170. The first-order valence-electron chi connectivity index (χ1n) is 2.39. The van der Waals surface area contributed by atoms with Crippen LogP contribution in [0.3, 0.4) is 0 Å². The molecule has 0 aliphatic rings. The number of carbonyl (C=O) groups is 1. The molecule has 2 heteroatoms. The lowest BCUT2D eigenvalue weighted by molar-refractivity contribution is -0.119. The molecule has 0 rings (SSSR count). The fraction of sp³-hybridized carbons (Fsp3) is 0.800. The topological polar surface area (TPSA) is 43.1 Å². The molecule has 0 radical (unpaired) electrons. The third kappa shape index (κ3) is 2.34. The molecule has 0 bridgehead atoms. The Hall–Kier alpha value is -0.370. The summed E-state index contributed by atoms with van der Waals surface area (Å²) < 4.78 is 0. The maximum Gasteiger partial charge on any atom is 0.133 e. The second kappa shape index (κ2) is 2.75. The van der Waals surface area contributed by atoms with Crippen LogP contribution in [0.25, 0.3) is 0 Å². The highest BCUT2D eigenvalue weighted by molar-refractivity contribution is 5.77. The molecular formula is C5H11NO. The largest absolute Gasteiger partial charge is 0.330 e. The van der Waals surface area contributed by atoms with Gasteiger partial charge in [-0.3, -0.25) is 4.79 Å². The smallest absolute Gasteiger partial charge is 0.133 e. The van der Waals surface area contributed by atoms with E-state index in [9.17, 15) is 4.79 Å². The minimum Gasteiger partial charge on any atom is -0.330 e. The average molecular weight is 101 g/mol. The Bertz CT molecular complexity index is 70.5. The van der Waals surface area contributed by atoms with Crippen molar-refractivity contribution >= 4 is 5.78 Å². The zero-order chi connectivity index (χ0) is 5.86. The van der Waals surface area contributed by atoms with Crippen LogP contribution in [0.5, 0.6) is 0 Å². The summed E-state index contributed by atoms with van der Waals surface area (Å²) in [4.78, 5) is 10.3. The molecule has 0 aliphatic heterocycles. The van der Waals surface area contributed by atoms with Crippen LogP contribution in [0.2, 0.25) is 0 Å². The Balaban J connectivity index is 3.34. The van der Waals surface area contributed by atoms with Gasteiger partial charge in [-0.25, -0.2) is 0 Å². The van der Waals surface area contributed by atoms with Crippen LogP contribution < -0.4 is 5.73 Å². The second-order valence-corrected chi connectivity index (χ2v) is 1.75. The van der Waals surface area contributed by atoms with Crippen molar-refractivity contribution in [3.63, 3.8) is 0 Å². The number of rotatable bonds is 2. The molecule has 0 aliphatic carbocycles. The summed E-state index contributed by atoms with van der Waals surface area (Å²) >= 11 is 0. The standard InChI is InChI=1S/C5H11NO/c1-4(3-6)5(2)7/h4H,3,6H2,1-2H3/t4-/m1/s1. The van der Waals surface area contributed by atoms with Crippen LogP contribution in [0.1, 0.15) is 13.8 Å². The lowest BCUT2D eigenvalue weighted by atomic mass is 10.1. The highest BCUT2D eigenvalue weighted by Crippen LogP contribution is 1.89. The van der Waals surface area contributed by atoms with Crippen LogP contribution in [0.15, 0.2) is 0 Å². The van der Waals surface area contributed by atoms with Crippen molar-refractivity contribution in [2.45, 2.75) is 13.8 Å². The average Bonchev–Trinajstić information content (AvgIpc) is 1.65. The zero-order valence-electron chi connectivity index (χ0n) is 4.77. The number of hydrogen-bond acceptors (Lipinski definition) is 2. The summed E-state index contributed by atoms with van der Waals surface area (Å²) in [6.07, 6.45) is 0. The Labute approximate surface area is 43.7 Å². The van der Waals surface area contributed by atoms with E-state index < -0.39 is 0 Å². The van der Waals surface area contributed by atoms with Gasteiger partial charge in [0.05, 0.1) is 0 Å². The van der Waals surface area contributed by atoms with Gasteiger partial charge >= 0.3 is 0 Å². The maximum atomic E-state index is 10.3. The van der Waals surface area contributed by atoms with Gasteiger partial charge in [-0.05, 0) is 6.92 Å². The van der Waals surface area contributed by atoms with Crippen LogP contribution in [-0.2, 0) is 4.79 Å². The molecule has 0 heterocycles. The van der Waals surface area contributed by atoms with Gasteiger partial charge in [-0.1, -0.05) is 6.92 Å². The van der Waals surface area contributed by atoms with Crippen LogP contribution >= 0.6 is 0 Å². The molecule has 0 aromatic heterocycles. The van der Waals surface area contributed by atoms with E-state index in [1.807, 2.05) is 6.92 Å². The lowest BCUT2D eigenvalue weighted by Crippen LogP contribution is -2.17. The molecule has 0 unspecified atom stereocenters. The van der Waals surface area contributed by atoms with Gasteiger partial charge in [-0.15, -0.1) is 0 Å². The van der Waals surface area contributed by atoms with Gasteiger partial charge in [0.25, 0.3) is 0 Å². The monoisotopic (exact) mass is 101 g/mol. The fourth-order valence-corrected chi connectivity index (χ4v) is 0.166. The number of hydrogen-bond donors (Lipinski definition) is 1. The SMILES string of the molecule is CC(=O)[C@H](C)CN. The fourth-order valence-electron chi connectivity index (χ4n) is 0.166. The van der Waals surface area contributed by atoms with Gasteiger partial charge in [-0.2, -0.15) is 0 Å². The highest BCUT2D eigenvalue weighted by atomic mass is 16.1. The molecule has 0 fully saturated rings. The first-order valence-corrected chi connectivity index (χ1v) is 2.39. The molecule has 1 atom stereocenters. The summed E-state index contributed by atoms with van der Waals surface area (Å²) in [6, 6.07) is 0. The molecule has 2 N–H and O–H groups in total. The molecular weight excluding hydrogens is 90.1 g/mol. The van der Waals surface area contributed by atoms with Gasteiger partial charge in [0.15, 0.2) is 0 Å². The van der Waals surface area contributed by atoms with Crippen molar-refractivity contribution in [1.82, 2.24) is 0 Å². The highest BCUT2D eigenvalue weighted by Gasteiger charge is 2.01. The molecule has 0 aromatic carbocycles. The van der Waals surface area contributed by atoms with E-state index in [0.717, 1.165) is 0 Å². The van der Waals surface area contributed by atoms with Gasteiger partial charge in [0.1, 0.15) is 5.78 Å². The van der Waals surface area contributed by atoms with E-state index in [4.69, 9.17) is 5.73 Å². The van der Waals surface area contributed by atoms with Crippen LogP contribution in [-0.4, -0.2) is 12.3 Å². The van der Waals surface area contributed by atoms with E-state index in [-0.39, 0.29) is 11.7 Å². The van der Waals surface area contributed by atoms with Crippen molar-refractivity contribution in [1.29, 1.82) is 0 Å². The first-order chi connectivity index (χ1) is 3.18. The van der Waals surface area contributed by atoms with Crippen LogP contribution in [0, 0.1) is 5.92 Å². The van der Waals surface area contributed by atoms with Crippen molar-refractivity contribution < 1.29 is 4.79 Å². The molecule has 7 heavy (non-hydrogen) atoms. The van der Waals surface area contributed by atoms with E-state index in [1.165, 1.54) is 0 Å². The number of Topliss-reactive ketones (excluding diaryl/α,β-unsaturated/α-hetero) is 1. The van der Waals surface area contributed by atoms with Crippen molar-refractivity contribution in [2.24, 2.45) is 11.7 Å². The van der Waals surface area contributed by atoms with Crippen molar-refractivity contribution in [3.05, 3.63) is 0 Å². The number of carbonyl (C=O) groups excluding carboxylic acids is 1. The molecule has 2 nitrogen and oxygen atoms in total. The Kier molecular flexibility index (Phi) is 2.60. The Morgan fingerprint density at radius 2 is 2.29 bits per heavy atom. The normalized spacial score (nSPS) is 13.6. The predicted molar refractivity (Wildman–Crippen MR) is 28.9 cm³/mol. The van der Waals surface area contributed by atoms with E-state index in [2.05, 4.69) is 0 Å². The second-order valence-electron chi connectivity index (χ2n) is 1.75. The summed E-state index contributed by atoms with van der Waals surface area (Å²) in [7, 11) is 0. The third-order valence-corrected chi connectivity index (χ3v) is 1.05. The maximum absolute atomic E-state index is 10.3. The van der Waals surface area contributed by atoms with Crippen LogP contribution in [0.4, 0.5) is 0 Å². The van der Waals surface area contributed by atoms with Gasteiger partial charge in [0.2, 0.25) is 0 Å². The summed E-state index contributed by atoms with van der Waals surface area (Å²) in [5, 5.41) is 0. The zero-order valence-corrected chi connectivity index (χ0v) is 4.77. The summed E-state index contributed by atoms with van der Waals surface area (Å²) in [6.45, 7) is 3.84. The third-order valence-electron chi connectivity index (χ3n) is 1.05. The van der Waals surface area contributed by atoms with E-state index >= 15 is 0 Å². The van der Waals surface area contributed by atoms with E-state index in [0.29, 0.717) is 6.54 Å².